The van der Waals surface area contributed by atoms with Gasteiger partial charge in [-0.25, -0.2) is 15.0 Å². The van der Waals surface area contributed by atoms with Gasteiger partial charge in [0.2, 0.25) is 0 Å². The van der Waals surface area contributed by atoms with E-state index in [0.29, 0.717) is 5.82 Å². The predicted octanol–water partition coefficient (Wildman–Crippen LogP) is 14.8. The Balaban J connectivity index is 0.978. The second kappa shape index (κ2) is 14.0. The molecule has 0 atom stereocenters. The maximum atomic E-state index is 5.50. The van der Waals surface area contributed by atoms with Crippen LogP contribution in [0.1, 0.15) is 0 Å². The van der Waals surface area contributed by atoms with Crippen molar-refractivity contribution in [3.63, 3.8) is 0 Å². The summed E-state index contributed by atoms with van der Waals surface area (Å²) in [5.74, 6) is 0.690. The molecular formula is C55H34N4S. The summed E-state index contributed by atoms with van der Waals surface area (Å²) in [5.41, 5.74) is 13.6. The second-order valence-corrected chi connectivity index (χ2v) is 16.2. The molecule has 8 aromatic carbocycles. The van der Waals surface area contributed by atoms with Crippen molar-refractivity contribution in [1.29, 1.82) is 0 Å². The fraction of sp³-hybridized carbons (Fsp3) is 0. The number of rotatable bonds is 6. The quantitative estimate of drug-likeness (QED) is 0.169. The molecule has 0 unspecified atom stereocenters. The Labute approximate surface area is 350 Å². The molecule has 0 N–H and O–H groups in total. The third-order valence-corrected chi connectivity index (χ3v) is 12.8. The van der Waals surface area contributed by atoms with Crippen LogP contribution in [-0.4, -0.2) is 19.5 Å². The highest BCUT2D eigenvalue weighted by molar-refractivity contribution is 7.26. The maximum absolute atomic E-state index is 5.50. The first-order valence-electron chi connectivity index (χ1n) is 20.2. The van der Waals surface area contributed by atoms with E-state index in [1.807, 2.05) is 29.5 Å². The summed E-state index contributed by atoms with van der Waals surface area (Å²) in [6.45, 7) is 0. The van der Waals surface area contributed by atoms with Gasteiger partial charge < -0.3 is 4.57 Å². The van der Waals surface area contributed by atoms with Gasteiger partial charge in [0.05, 0.1) is 38.3 Å². The highest BCUT2D eigenvalue weighted by Gasteiger charge is 2.19. The van der Waals surface area contributed by atoms with Crippen molar-refractivity contribution < 1.29 is 0 Å². The Morgan fingerprint density at radius 3 is 1.58 bits per heavy atom. The first-order chi connectivity index (χ1) is 29.7. The van der Waals surface area contributed by atoms with E-state index < -0.39 is 0 Å². The normalized spacial score (nSPS) is 11.7. The van der Waals surface area contributed by atoms with Crippen LogP contribution in [0.25, 0.3) is 115 Å². The molecule has 0 spiro atoms. The van der Waals surface area contributed by atoms with Gasteiger partial charge in [0, 0.05) is 65.1 Å². The van der Waals surface area contributed by atoms with Crippen LogP contribution in [-0.2, 0) is 0 Å². The number of benzene rings is 8. The average molecular weight is 783 g/mol. The van der Waals surface area contributed by atoms with Crippen molar-refractivity contribution in [1.82, 2.24) is 19.5 Å². The SMILES string of the molecule is c1ccc(-c2nc(-c3ccc(-c4nc5c(-c6ccccc6)cccc5c5c4sc4ccccc45)cc3)cc(-c3ccc(-n4c5ccccc5c5ccccc54)cc3)n2)cc1. The maximum Gasteiger partial charge on any atom is 0.160 e. The third kappa shape index (κ3) is 5.63. The summed E-state index contributed by atoms with van der Waals surface area (Å²) < 4.78 is 4.80. The molecule has 0 fully saturated rings. The number of thiophene rings is 1. The van der Waals surface area contributed by atoms with Crippen molar-refractivity contribution in [2.24, 2.45) is 0 Å². The van der Waals surface area contributed by atoms with Crippen LogP contribution in [0.3, 0.4) is 0 Å². The van der Waals surface area contributed by atoms with Gasteiger partial charge in [-0.1, -0.05) is 170 Å². The minimum atomic E-state index is 0.690. The lowest BCUT2D eigenvalue weighted by Gasteiger charge is -2.13. The number of aromatic nitrogens is 4. The third-order valence-electron chi connectivity index (χ3n) is 11.6. The van der Waals surface area contributed by atoms with E-state index in [9.17, 15) is 0 Å². The second-order valence-electron chi connectivity index (χ2n) is 15.2. The fourth-order valence-corrected chi connectivity index (χ4v) is 10.0. The van der Waals surface area contributed by atoms with Gasteiger partial charge >= 0.3 is 0 Å². The predicted molar refractivity (Wildman–Crippen MR) is 252 cm³/mol. The Morgan fingerprint density at radius 2 is 0.917 bits per heavy atom. The lowest BCUT2D eigenvalue weighted by molar-refractivity contribution is 1.17. The Kier molecular flexibility index (Phi) is 8.00. The minimum absolute atomic E-state index is 0.690. The lowest BCUT2D eigenvalue weighted by atomic mass is 9.97. The number of nitrogens with zero attached hydrogens (tertiary/aromatic N) is 4. The molecular weight excluding hydrogens is 749 g/mol. The molecule has 4 heterocycles. The molecule has 4 aromatic heterocycles. The van der Waals surface area contributed by atoms with Crippen molar-refractivity contribution in [3.8, 4) is 62.0 Å². The summed E-state index contributed by atoms with van der Waals surface area (Å²) >= 11 is 1.82. The summed E-state index contributed by atoms with van der Waals surface area (Å²) in [7, 11) is 0. The number of hydrogen-bond donors (Lipinski definition) is 0. The van der Waals surface area contributed by atoms with Crippen LogP contribution in [0.5, 0.6) is 0 Å². The standard InChI is InChI=1S/C55H34N4S/c1-3-14-35(15-4-1)41-21-13-22-45-51-44-20-9-12-25-50(44)60-54(51)52(58-53(41)45)38-28-26-36(27-29-38)46-34-47(57-55(56-46)39-16-5-2-6-17-39)37-30-32-40(33-31-37)59-48-23-10-7-18-42(48)43-19-8-11-24-49(43)59/h1-34H. The Hall–Kier alpha value is -7.73. The summed E-state index contributed by atoms with van der Waals surface area (Å²) in [4.78, 5) is 15.8. The van der Waals surface area contributed by atoms with Crippen LogP contribution in [0.15, 0.2) is 206 Å². The fourth-order valence-electron chi connectivity index (χ4n) is 8.79. The van der Waals surface area contributed by atoms with E-state index >= 15 is 0 Å². The molecule has 12 rings (SSSR count). The van der Waals surface area contributed by atoms with Crippen LogP contribution in [0, 0.1) is 0 Å². The van der Waals surface area contributed by atoms with E-state index in [1.54, 1.807) is 0 Å². The zero-order valence-electron chi connectivity index (χ0n) is 32.3. The number of para-hydroxylation sites is 3. The molecule has 0 radical (unpaired) electrons. The zero-order valence-corrected chi connectivity index (χ0v) is 33.1. The highest BCUT2D eigenvalue weighted by Crippen LogP contribution is 2.45. The molecule has 280 valence electrons. The van der Waals surface area contributed by atoms with Gasteiger partial charge in [-0.2, -0.15) is 0 Å². The molecule has 0 aliphatic heterocycles. The summed E-state index contributed by atoms with van der Waals surface area (Å²) in [5, 5.41) is 6.19. The highest BCUT2D eigenvalue weighted by atomic mass is 32.1. The van der Waals surface area contributed by atoms with Gasteiger partial charge in [-0.3, -0.25) is 0 Å². The Bertz CT molecular complexity index is 3520. The number of hydrogen-bond acceptors (Lipinski definition) is 4. The topological polar surface area (TPSA) is 43.6 Å². The van der Waals surface area contributed by atoms with E-state index in [-0.39, 0.29) is 0 Å². The van der Waals surface area contributed by atoms with Crippen molar-refractivity contribution in [2.45, 2.75) is 0 Å². The smallest absolute Gasteiger partial charge is 0.160 e. The van der Waals surface area contributed by atoms with Gasteiger partial charge in [-0.05, 0) is 42.0 Å². The first-order valence-corrected chi connectivity index (χ1v) is 21.0. The summed E-state index contributed by atoms with van der Waals surface area (Å²) in [6.07, 6.45) is 0. The lowest BCUT2D eigenvalue weighted by Crippen LogP contribution is -1.97. The minimum Gasteiger partial charge on any atom is -0.309 e. The van der Waals surface area contributed by atoms with E-state index in [2.05, 4.69) is 193 Å². The summed E-state index contributed by atoms with van der Waals surface area (Å²) in [6, 6.07) is 72.9. The molecule has 0 bridgehead atoms. The van der Waals surface area contributed by atoms with Gasteiger partial charge in [-0.15, -0.1) is 11.3 Å². The van der Waals surface area contributed by atoms with E-state index in [1.165, 1.54) is 47.4 Å². The van der Waals surface area contributed by atoms with Crippen LogP contribution < -0.4 is 0 Å². The van der Waals surface area contributed by atoms with Crippen molar-refractivity contribution in [2.75, 3.05) is 0 Å². The largest absolute Gasteiger partial charge is 0.309 e. The molecule has 60 heavy (non-hydrogen) atoms. The Morgan fingerprint density at radius 1 is 0.383 bits per heavy atom. The molecule has 4 nitrogen and oxygen atoms in total. The van der Waals surface area contributed by atoms with Crippen LogP contribution in [0.2, 0.25) is 0 Å². The first kappa shape index (κ1) is 34.3. The van der Waals surface area contributed by atoms with Crippen molar-refractivity contribution >= 4 is 64.2 Å². The van der Waals surface area contributed by atoms with Gasteiger partial charge in [0.15, 0.2) is 5.82 Å². The van der Waals surface area contributed by atoms with Gasteiger partial charge in [0.25, 0.3) is 0 Å². The molecule has 0 aliphatic rings. The van der Waals surface area contributed by atoms with Crippen LogP contribution >= 0.6 is 11.3 Å². The zero-order chi connectivity index (χ0) is 39.6. The number of pyridine rings is 1. The van der Waals surface area contributed by atoms with Gasteiger partial charge in [0.1, 0.15) is 0 Å². The number of fused-ring (bicyclic) bond motifs is 8. The van der Waals surface area contributed by atoms with E-state index in [0.717, 1.165) is 61.7 Å². The van der Waals surface area contributed by atoms with Crippen molar-refractivity contribution in [3.05, 3.63) is 206 Å². The average Bonchev–Trinajstić information content (AvgIpc) is 3.89. The molecule has 0 saturated heterocycles. The van der Waals surface area contributed by atoms with Crippen LogP contribution in [0.4, 0.5) is 0 Å². The van der Waals surface area contributed by atoms with E-state index in [4.69, 9.17) is 15.0 Å². The molecule has 0 saturated carbocycles. The molecule has 0 aliphatic carbocycles. The molecule has 12 aromatic rings. The monoisotopic (exact) mass is 782 g/mol. The molecule has 0 amide bonds. The molecule has 5 heteroatoms.